The van der Waals surface area contributed by atoms with Gasteiger partial charge in [-0.2, -0.15) is 0 Å². The fourth-order valence-electron chi connectivity index (χ4n) is 7.39. The topological polar surface area (TPSA) is 124 Å². The molecule has 5 rings (SSSR count). The summed E-state index contributed by atoms with van der Waals surface area (Å²) < 4.78 is 56.7. The third-order valence-electron chi connectivity index (χ3n) is 10.9. The van der Waals surface area contributed by atoms with E-state index in [1.165, 1.54) is 7.11 Å². The summed E-state index contributed by atoms with van der Waals surface area (Å²) in [5, 5.41) is 3.65. The molecular weight excluding hydrogens is 849 g/mol. The Kier molecular flexibility index (Phi) is 18.8. The van der Waals surface area contributed by atoms with Gasteiger partial charge in [0.05, 0.1) is 6.61 Å². The smallest absolute Gasteiger partial charge is 0.411 e. The summed E-state index contributed by atoms with van der Waals surface area (Å²) in [6, 6.07) is 40.4. The van der Waals surface area contributed by atoms with Gasteiger partial charge in [-0.25, -0.2) is 0 Å². The highest BCUT2D eigenvalue weighted by molar-refractivity contribution is 7.00. The van der Waals surface area contributed by atoms with Crippen molar-refractivity contribution in [3.63, 3.8) is 0 Å². The number of benzene rings is 4. The average molecular weight is 913 g/mol. The van der Waals surface area contributed by atoms with Crippen LogP contribution in [-0.4, -0.2) is 110 Å². The van der Waals surface area contributed by atoms with Crippen molar-refractivity contribution in [3.05, 3.63) is 121 Å². The maximum absolute atomic E-state index is 11.9. The third-order valence-corrected chi connectivity index (χ3v) is 29.8. The van der Waals surface area contributed by atoms with E-state index in [9.17, 15) is 9.59 Å². The highest BCUT2D eigenvalue weighted by Gasteiger charge is 2.53. The van der Waals surface area contributed by atoms with Crippen LogP contribution in [0.4, 0.5) is 0 Å². The molecule has 0 heterocycles. The minimum Gasteiger partial charge on any atom is -0.411 e. The highest BCUT2D eigenvalue weighted by Crippen LogP contribution is 2.30. The molecule has 0 amide bonds. The second-order valence-corrected chi connectivity index (χ2v) is 32.1. The van der Waals surface area contributed by atoms with E-state index < -0.39 is 53.1 Å². The van der Waals surface area contributed by atoms with Crippen LogP contribution in [0.5, 0.6) is 0 Å². The van der Waals surface area contributed by atoms with Crippen molar-refractivity contribution in [1.82, 2.24) is 0 Å². The van der Waals surface area contributed by atoms with Gasteiger partial charge in [-0.1, -0.05) is 121 Å². The van der Waals surface area contributed by atoms with Gasteiger partial charge in [0.25, 0.3) is 0 Å². The largest absolute Gasteiger partial charge is 0.491 e. The Hall–Kier alpha value is -2.26. The Labute approximate surface area is 359 Å². The molecule has 1 aliphatic rings. The van der Waals surface area contributed by atoms with E-state index in [1.54, 1.807) is 14.2 Å². The Bertz CT molecular complexity index is 1680. The maximum atomic E-state index is 11.9. The van der Waals surface area contributed by atoms with E-state index in [1.807, 2.05) is 141 Å². The first-order chi connectivity index (χ1) is 28.5. The lowest BCUT2D eigenvalue weighted by Crippen LogP contribution is -2.70. The number of ether oxygens (including phenoxy) is 2. The second-order valence-electron chi connectivity index (χ2n) is 15.4. The highest BCUT2D eigenvalue weighted by atomic mass is 28.5. The van der Waals surface area contributed by atoms with E-state index in [-0.39, 0.29) is 6.04 Å². The van der Waals surface area contributed by atoms with E-state index in [4.69, 9.17) is 39.2 Å². The van der Waals surface area contributed by atoms with Gasteiger partial charge in [0.2, 0.25) is 0 Å². The van der Waals surface area contributed by atoms with Crippen LogP contribution < -0.4 is 20.7 Å². The Morgan fingerprint density at radius 2 is 0.864 bits per heavy atom. The number of rotatable bonds is 25. The van der Waals surface area contributed by atoms with Crippen LogP contribution in [0, 0.1) is 11.8 Å². The zero-order valence-electron chi connectivity index (χ0n) is 35.5. The van der Waals surface area contributed by atoms with Gasteiger partial charge in [-0.05, 0) is 77.9 Å². The molecule has 0 aromatic heterocycles. The van der Waals surface area contributed by atoms with Crippen molar-refractivity contribution in [2.75, 3.05) is 47.8 Å². The van der Waals surface area contributed by atoms with Crippen LogP contribution in [0.25, 0.3) is 0 Å². The molecule has 0 bridgehead atoms. The molecule has 1 fully saturated rings. The molecule has 0 saturated heterocycles. The molecule has 1 aliphatic carbocycles. The Morgan fingerprint density at radius 3 is 1.20 bits per heavy atom. The minimum atomic E-state index is -3.76. The zero-order valence-corrected chi connectivity index (χ0v) is 41.8. The Morgan fingerprint density at radius 1 is 0.525 bits per heavy atom. The van der Waals surface area contributed by atoms with E-state index in [0.29, 0.717) is 44.3 Å². The first kappa shape index (κ1) is 47.8. The molecule has 0 aliphatic heterocycles. The first-order valence-corrected chi connectivity index (χ1v) is 33.0. The van der Waals surface area contributed by atoms with Crippen LogP contribution in [0.2, 0.25) is 31.7 Å². The summed E-state index contributed by atoms with van der Waals surface area (Å²) in [7, 11) is -13.1. The molecular formula is C42H64O11Si6. The average Bonchev–Trinajstić information content (AvgIpc) is 3.27. The summed E-state index contributed by atoms with van der Waals surface area (Å²) in [4.78, 5) is 23.7. The molecule has 4 aromatic rings. The van der Waals surface area contributed by atoms with Gasteiger partial charge in [-0.15, -0.1) is 0 Å². The quantitative estimate of drug-likeness (QED) is 0.0741. The molecule has 1 saturated carbocycles. The molecule has 0 spiro atoms. The zero-order chi connectivity index (χ0) is 42.2. The molecule has 11 nitrogen and oxygen atoms in total. The molecule has 2 N–H and O–H groups in total. The number of hydrogen-bond donors (Lipinski definition) is 2. The van der Waals surface area contributed by atoms with Gasteiger partial charge in [0, 0.05) is 53.2 Å². The molecule has 59 heavy (non-hydrogen) atoms. The van der Waals surface area contributed by atoms with Gasteiger partial charge in [0.1, 0.15) is 0 Å². The van der Waals surface area contributed by atoms with Crippen LogP contribution in [0.15, 0.2) is 121 Å². The van der Waals surface area contributed by atoms with Crippen molar-refractivity contribution in [2.24, 2.45) is 11.8 Å². The predicted octanol–water partition coefficient (Wildman–Crippen LogP) is 4.04. The standard InChI is InChI=1S/C42H64O11Si6/c1-45-54(4)50-58(39-19-11-7-12-20-39,40-21-13-8-14-22-40)52-56(6,43)33-31-48-35-37-27-29-38(30-28-37)36-49-32-34-57(44,47-3)53-59(51-55(5)46-2,41-23-15-9-16-24-41)42-25-17-10-18-26-42/h7-26,37-38,43-44,54-55H,27-36H2,1-6H3. The monoisotopic (exact) mass is 912 g/mol. The van der Waals surface area contributed by atoms with Crippen molar-refractivity contribution >= 4 is 73.8 Å². The minimum absolute atomic E-state index is 0.240. The van der Waals surface area contributed by atoms with Gasteiger partial charge in [-0.3, -0.25) is 0 Å². The fraction of sp³-hybridized carbons (Fsp3) is 0.429. The lowest BCUT2D eigenvalue weighted by Gasteiger charge is -2.38. The second kappa shape index (κ2) is 23.3. The van der Waals surface area contributed by atoms with Crippen molar-refractivity contribution in [1.29, 1.82) is 0 Å². The van der Waals surface area contributed by atoms with Crippen LogP contribution in [0.3, 0.4) is 0 Å². The molecule has 4 aromatic carbocycles. The molecule has 17 heteroatoms. The third kappa shape index (κ3) is 13.6. The molecule has 4 unspecified atom stereocenters. The van der Waals surface area contributed by atoms with Crippen LogP contribution in [0.1, 0.15) is 25.7 Å². The predicted molar refractivity (Wildman–Crippen MR) is 246 cm³/mol. The van der Waals surface area contributed by atoms with Crippen molar-refractivity contribution in [2.45, 2.75) is 57.4 Å². The van der Waals surface area contributed by atoms with Crippen molar-refractivity contribution in [3.8, 4) is 0 Å². The number of hydrogen-bond acceptors (Lipinski definition) is 11. The summed E-state index contributed by atoms with van der Waals surface area (Å²) >= 11 is 0. The van der Waals surface area contributed by atoms with Crippen LogP contribution in [-0.2, 0) is 39.2 Å². The maximum Gasteiger partial charge on any atom is 0.491 e. The summed E-state index contributed by atoms with van der Waals surface area (Å²) in [6.45, 7) is 7.77. The molecule has 4 atom stereocenters. The lowest BCUT2D eigenvalue weighted by molar-refractivity contribution is 0.0520. The van der Waals surface area contributed by atoms with Crippen LogP contribution >= 0.6 is 0 Å². The van der Waals surface area contributed by atoms with E-state index >= 15 is 0 Å². The molecule has 322 valence electrons. The fourth-order valence-corrected chi connectivity index (χ4v) is 27.0. The normalized spacial score (nSPS) is 19.4. The lowest BCUT2D eigenvalue weighted by atomic mass is 9.83. The summed E-state index contributed by atoms with van der Waals surface area (Å²) in [6.07, 6.45) is 4.17. The first-order valence-electron chi connectivity index (χ1n) is 20.7. The summed E-state index contributed by atoms with van der Waals surface area (Å²) in [5.41, 5.74) is 0. The van der Waals surface area contributed by atoms with Gasteiger partial charge < -0.3 is 48.8 Å². The van der Waals surface area contributed by atoms with Gasteiger partial charge >= 0.3 is 53.1 Å². The Balaban J connectivity index is 1.10. The van der Waals surface area contributed by atoms with Gasteiger partial charge in [0.15, 0.2) is 0 Å². The van der Waals surface area contributed by atoms with E-state index in [0.717, 1.165) is 46.4 Å². The SMILES string of the molecule is CO[SiH](C)O[Si](O[Si](C)(O)CCOCC1CCC(COCC[Si](O)(OC)O[Si](O[SiH](C)OC)(c2ccccc2)c2ccccc2)CC1)(c1ccccc1)c1ccccc1. The van der Waals surface area contributed by atoms with Crippen molar-refractivity contribution < 1.29 is 48.8 Å². The van der Waals surface area contributed by atoms with E-state index in [2.05, 4.69) is 0 Å². The summed E-state index contributed by atoms with van der Waals surface area (Å²) in [5.74, 6) is 0.876. The molecule has 0 radical (unpaired) electrons.